The van der Waals surface area contributed by atoms with Crippen LogP contribution in [0.3, 0.4) is 0 Å². The van der Waals surface area contributed by atoms with Crippen molar-refractivity contribution in [1.82, 2.24) is 10.3 Å². The molecule has 1 amide bonds. The zero-order valence-corrected chi connectivity index (χ0v) is 14.6. The lowest BCUT2D eigenvalue weighted by atomic mass is 10.1. The van der Waals surface area contributed by atoms with Crippen molar-refractivity contribution in [1.29, 1.82) is 0 Å². The van der Waals surface area contributed by atoms with E-state index < -0.39 is 6.10 Å². The summed E-state index contributed by atoms with van der Waals surface area (Å²) in [6.45, 7) is 4.80. The highest BCUT2D eigenvalue weighted by Crippen LogP contribution is 2.28. The second-order valence-electron chi connectivity index (χ2n) is 6.60. The first kappa shape index (κ1) is 15.8. The van der Waals surface area contributed by atoms with Crippen molar-refractivity contribution in [2.24, 2.45) is 0 Å². The molecule has 0 radical (unpaired) electrons. The monoisotopic (exact) mass is 334 g/mol. The van der Waals surface area contributed by atoms with Crippen LogP contribution in [-0.4, -0.2) is 17.0 Å². The van der Waals surface area contributed by atoms with Gasteiger partial charge in [0.15, 0.2) is 6.10 Å². The molecule has 1 aliphatic rings. The van der Waals surface area contributed by atoms with Crippen molar-refractivity contribution < 1.29 is 9.53 Å². The van der Waals surface area contributed by atoms with Gasteiger partial charge >= 0.3 is 0 Å². The fourth-order valence-electron chi connectivity index (χ4n) is 3.52. The van der Waals surface area contributed by atoms with E-state index in [1.807, 2.05) is 24.3 Å². The van der Waals surface area contributed by atoms with Crippen molar-refractivity contribution in [2.75, 3.05) is 0 Å². The van der Waals surface area contributed by atoms with E-state index in [-0.39, 0.29) is 5.91 Å². The molecule has 2 heterocycles. The average Bonchev–Trinajstić information content (AvgIpc) is 3.21. The van der Waals surface area contributed by atoms with E-state index >= 15 is 0 Å². The van der Waals surface area contributed by atoms with E-state index in [0.717, 1.165) is 28.8 Å². The van der Waals surface area contributed by atoms with Crippen LogP contribution in [0.4, 0.5) is 0 Å². The Bertz CT molecular complexity index is 917. The molecule has 2 aromatic carbocycles. The number of amides is 1. The molecule has 0 unspecified atom stereocenters. The summed E-state index contributed by atoms with van der Waals surface area (Å²) in [6.07, 6.45) is 1.20. The Morgan fingerprint density at radius 2 is 2.12 bits per heavy atom. The van der Waals surface area contributed by atoms with Gasteiger partial charge < -0.3 is 15.0 Å². The minimum absolute atomic E-state index is 0.0589. The van der Waals surface area contributed by atoms with Gasteiger partial charge in [0.2, 0.25) is 0 Å². The largest absolute Gasteiger partial charge is 0.480 e. The molecule has 0 saturated heterocycles. The number of aromatic nitrogens is 1. The molecule has 4 heteroatoms. The zero-order valence-electron chi connectivity index (χ0n) is 14.6. The maximum Gasteiger partial charge on any atom is 0.261 e. The van der Waals surface area contributed by atoms with Crippen molar-refractivity contribution >= 4 is 16.8 Å². The summed E-state index contributed by atoms with van der Waals surface area (Å²) >= 11 is 0. The first-order valence-corrected chi connectivity index (χ1v) is 8.78. The van der Waals surface area contributed by atoms with Gasteiger partial charge in [0.25, 0.3) is 5.91 Å². The number of carbonyl (C=O) groups is 1. The highest BCUT2D eigenvalue weighted by molar-refractivity contribution is 5.85. The summed E-state index contributed by atoms with van der Waals surface area (Å²) in [5, 5.41) is 4.24. The number of aromatic amines is 1. The molecule has 0 fully saturated rings. The topological polar surface area (TPSA) is 54.1 Å². The van der Waals surface area contributed by atoms with Crippen LogP contribution in [0.1, 0.15) is 29.3 Å². The summed E-state index contributed by atoms with van der Waals surface area (Å²) in [5.74, 6) is 0.760. The van der Waals surface area contributed by atoms with Crippen LogP contribution in [0.5, 0.6) is 5.75 Å². The van der Waals surface area contributed by atoms with Gasteiger partial charge in [-0.25, -0.2) is 0 Å². The molecule has 128 valence electrons. The predicted octanol–water partition coefficient (Wildman–Crippen LogP) is 3.66. The number of rotatable bonds is 4. The summed E-state index contributed by atoms with van der Waals surface area (Å²) in [6, 6.07) is 14.1. The first-order valence-electron chi connectivity index (χ1n) is 8.78. The number of H-pyrrole nitrogens is 1. The third-order valence-electron chi connectivity index (χ3n) is 4.99. The van der Waals surface area contributed by atoms with Gasteiger partial charge in [-0.05, 0) is 48.2 Å². The minimum Gasteiger partial charge on any atom is -0.480 e. The van der Waals surface area contributed by atoms with E-state index in [4.69, 9.17) is 4.74 Å². The number of para-hydroxylation sites is 1. The van der Waals surface area contributed by atoms with Crippen LogP contribution in [0, 0.1) is 6.92 Å². The molecule has 3 aromatic rings. The van der Waals surface area contributed by atoms with Crippen LogP contribution in [0.15, 0.2) is 42.5 Å². The molecule has 2 N–H and O–H groups in total. The molecule has 25 heavy (non-hydrogen) atoms. The summed E-state index contributed by atoms with van der Waals surface area (Å²) in [4.78, 5) is 15.9. The number of hydrogen-bond acceptors (Lipinski definition) is 2. The SMILES string of the molecule is CCc1[nH]c2ccc(CNC(=O)[C@@H]3Cc4ccccc4O3)cc2c1C. The van der Waals surface area contributed by atoms with Gasteiger partial charge in [-0.3, -0.25) is 4.79 Å². The smallest absolute Gasteiger partial charge is 0.261 e. The molecule has 1 aliphatic heterocycles. The Morgan fingerprint density at radius 1 is 1.28 bits per heavy atom. The highest BCUT2D eigenvalue weighted by atomic mass is 16.5. The Labute approximate surface area is 147 Å². The molecule has 0 saturated carbocycles. The van der Waals surface area contributed by atoms with Crippen LogP contribution in [-0.2, 0) is 24.2 Å². The van der Waals surface area contributed by atoms with Crippen molar-refractivity contribution in [3.05, 3.63) is 64.8 Å². The average molecular weight is 334 g/mol. The van der Waals surface area contributed by atoms with Crippen molar-refractivity contribution in [3.63, 3.8) is 0 Å². The summed E-state index contributed by atoms with van der Waals surface area (Å²) < 4.78 is 5.75. The molecule has 0 aliphatic carbocycles. The van der Waals surface area contributed by atoms with Gasteiger partial charge in [-0.2, -0.15) is 0 Å². The molecular weight excluding hydrogens is 312 g/mol. The number of aryl methyl sites for hydroxylation is 2. The van der Waals surface area contributed by atoms with Crippen LogP contribution < -0.4 is 10.1 Å². The molecule has 1 atom stereocenters. The number of hydrogen-bond donors (Lipinski definition) is 2. The van der Waals surface area contributed by atoms with Gasteiger partial charge in [0.1, 0.15) is 5.75 Å². The molecule has 0 bridgehead atoms. The van der Waals surface area contributed by atoms with Gasteiger partial charge in [-0.15, -0.1) is 0 Å². The molecule has 0 spiro atoms. The van der Waals surface area contributed by atoms with Crippen LogP contribution in [0.2, 0.25) is 0 Å². The lowest BCUT2D eigenvalue weighted by molar-refractivity contribution is -0.127. The fourth-order valence-corrected chi connectivity index (χ4v) is 3.52. The highest BCUT2D eigenvalue weighted by Gasteiger charge is 2.28. The quantitative estimate of drug-likeness (QED) is 0.765. The van der Waals surface area contributed by atoms with E-state index in [1.165, 1.54) is 16.6 Å². The van der Waals surface area contributed by atoms with E-state index in [1.54, 1.807) is 0 Å². The Kier molecular flexibility index (Phi) is 3.96. The lowest BCUT2D eigenvalue weighted by Crippen LogP contribution is -2.37. The Hall–Kier alpha value is -2.75. The number of fused-ring (bicyclic) bond motifs is 2. The lowest BCUT2D eigenvalue weighted by Gasteiger charge is -2.11. The maximum absolute atomic E-state index is 12.4. The third-order valence-corrected chi connectivity index (χ3v) is 4.99. The number of ether oxygens (including phenoxy) is 1. The standard InChI is InChI=1S/C21H22N2O2/c1-3-17-13(2)16-10-14(8-9-18(16)23-17)12-22-21(24)20-11-15-6-4-5-7-19(15)25-20/h4-10,20,23H,3,11-12H2,1-2H3,(H,22,24)/t20-/m0/s1. The summed E-state index contributed by atoms with van der Waals surface area (Å²) in [7, 11) is 0. The number of nitrogens with one attached hydrogen (secondary N) is 2. The fraction of sp³-hybridized carbons (Fsp3) is 0.286. The second-order valence-corrected chi connectivity index (χ2v) is 6.60. The van der Waals surface area contributed by atoms with Gasteiger partial charge in [0, 0.05) is 29.6 Å². The van der Waals surface area contributed by atoms with Crippen molar-refractivity contribution in [2.45, 2.75) is 39.3 Å². The normalized spacial score (nSPS) is 15.8. The van der Waals surface area contributed by atoms with E-state index in [0.29, 0.717) is 13.0 Å². The molecule has 4 rings (SSSR count). The Morgan fingerprint density at radius 3 is 2.92 bits per heavy atom. The molecule has 4 nitrogen and oxygen atoms in total. The minimum atomic E-state index is -0.429. The number of carbonyl (C=O) groups excluding carboxylic acids is 1. The third kappa shape index (κ3) is 2.88. The van der Waals surface area contributed by atoms with Gasteiger partial charge in [0.05, 0.1) is 0 Å². The zero-order chi connectivity index (χ0) is 17.4. The first-order chi connectivity index (χ1) is 12.2. The molecule has 1 aromatic heterocycles. The second kappa shape index (κ2) is 6.28. The predicted molar refractivity (Wildman–Crippen MR) is 98.8 cm³/mol. The van der Waals surface area contributed by atoms with E-state index in [2.05, 4.69) is 42.3 Å². The van der Waals surface area contributed by atoms with Crippen LogP contribution in [0.25, 0.3) is 10.9 Å². The van der Waals surface area contributed by atoms with E-state index in [9.17, 15) is 4.79 Å². The number of benzene rings is 2. The maximum atomic E-state index is 12.4. The Balaban J connectivity index is 1.44. The van der Waals surface area contributed by atoms with Gasteiger partial charge in [-0.1, -0.05) is 31.2 Å². The van der Waals surface area contributed by atoms with Crippen LogP contribution >= 0.6 is 0 Å². The van der Waals surface area contributed by atoms with Crippen molar-refractivity contribution in [3.8, 4) is 5.75 Å². The summed E-state index contributed by atoms with van der Waals surface area (Å²) in [5.41, 5.74) is 5.91. The molecular formula is C21H22N2O2.